The minimum Gasteiger partial charge on any atom is -0.310 e. The fourth-order valence-electron chi connectivity index (χ4n) is 1.40. The first kappa shape index (κ1) is 13.9. The highest BCUT2D eigenvalue weighted by molar-refractivity contribution is 5.19. The third-order valence-corrected chi connectivity index (χ3v) is 2.23. The van der Waals surface area contributed by atoms with E-state index in [4.69, 9.17) is 0 Å². The van der Waals surface area contributed by atoms with E-state index in [-0.39, 0.29) is 12.1 Å². The first-order chi connectivity index (χ1) is 7.79. The molecule has 17 heavy (non-hydrogen) atoms. The van der Waals surface area contributed by atoms with E-state index in [1.165, 1.54) is 13.0 Å². The van der Waals surface area contributed by atoms with Gasteiger partial charge < -0.3 is 5.32 Å². The highest BCUT2D eigenvalue weighted by atomic mass is 19.4. The smallest absolute Gasteiger partial charge is 0.310 e. The van der Waals surface area contributed by atoms with Gasteiger partial charge in [-0.25, -0.2) is 8.78 Å². The minimum atomic E-state index is -4.29. The van der Waals surface area contributed by atoms with Gasteiger partial charge in [-0.15, -0.1) is 0 Å². The molecule has 0 spiro atoms. The topological polar surface area (TPSA) is 12.0 Å². The van der Waals surface area contributed by atoms with Crippen molar-refractivity contribution >= 4 is 0 Å². The van der Waals surface area contributed by atoms with Crippen LogP contribution in [-0.2, 0) is 6.54 Å². The minimum absolute atomic E-state index is 0.249. The van der Waals surface area contributed by atoms with Crippen LogP contribution in [0.2, 0.25) is 0 Å². The second-order valence-electron chi connectivity index (χ2n) is 3.80. The molecule has 1 rings (SSSR count). The maximum absolute atomic E-state index is 13.1. The molecule has 96 valence electrons. The Balaban J connectivity index is 2.56. The molecule has 0 amide bonds. The lowest BCUT2D eigenvalue weighted by Crippen LogP contribution is -2.31. The predicted molar refractivity (Wildman–Crippen MR) is 53.3 cm³/mol. The van der Waals surface area contributed by atoms with Crippen molar-refractivity contribution in [3.05, 3.63) is 35.4 Å². The summed E-state index contributed by atoms with van der Waals surface area (Å²) in [6.45, 7) is 1.04. The lowest BCUT2D eigenvalue weighted by atomic mass is 10.1. The Bertz CT molecular complexity index is 354. The third-order valence-electron chi connectivity index (χ3n) is 2.23. The fraction of sp³-hybridized carbons (Fsp3) is 0.455. The van der Waals surface area contributed by atoms with Crippen LogP contribution in [0, 0.1) is 11.6 Å². The van der Waals surface area contributed by atoms with Crippen LogP contribution in [-0.4, -0.2) is 12.2 Å². The first-order valence-corrected chi connectivity index (χ1v) is 5.02. The summed E-state index contributed by atoms with van der Waals surface area (Å²) < 4.78 is 62.3. The van der Waals surface area contributed by atoms with Crippen molar-refractivity contribution in [2.45, 2.75) is 32.1 Å². The Morgan fingerprint density at radius 2 is 1.71 bits per heavy atom. The molecule has 1 unspecified atom stereocenters. The van der Waals surface area contributed by atoms with Gasteiger partial charge in [-0.05, 0) is 19.1 Å². The lowest BCUT2D eigenvalue weighted by Gasteiger charge is -2.16. The molecule has 0 heterocycles. The summed E-state index contributed by atoms with van der Waals surface area (Å²) in [7, 11) is 0. The molecule has 0 bridgehead atoms. The van der Waals surface area contributed by atoms with E-state index in [1.807, 2.05) is 0 Å². The van der Waals surface area contributed by atoms with Gasteiger partial charge in [-0.3, -0.25) is 0 Å². The number of rotatable bonds is 4. The molecule has 1 atom stereocenters. The van der Waals surface area contributed by atoms with Crippen molar-refractivity contribution in [1.29, 1.82) is 0 Å². The average molecular weight is 253 g/mol. The third kappa shape index (κ3) is 4.68. The van der Waals surface area contributed by atoms with Gasteiger partial charge in [0.05, 0.1) is 6.42 Å². The number of hydrogen-bond acceptors (Lipinski definition) is 1. The quantitative estimate of drug-likeness (QED) is 0.811. The number of halogens is 5. The monoisotopic (exact) mass is 253 g/mol. The largest absolute Gasteiger partial charge is 0.390 e. The Morgan fingerprint density at radius 3 is 2.18 bits per heavy atom. The normalized spacial score (nSPS) is 13.8. The van der Waals surface area contributed by atoms with Crippen LogP contribution >= 0.6 is 0 Å². The zero-order valence-electron chi connectivity index (χ0n) is 9.11. The van der Waals surface area contributed by atoms with Crippen LogP contribution in [0.1, 0.15) is 18.9 Å². The second kappa shape index (κ2) is 5.44. The van der Waals surface area contributed by atoms with E-state index in [9.17, 15) is 22.0 Å². The Kier molecular flexibility index (Phi) is 4.45. The molecule has 0 saturated carbocycles. The van der Waals surface area contributed by atoms with Crippen LogP contribution in [0.15, 0.2) is 18.2 Å². The standard InChI is InChI=1S/C11H12F5N/c1-7(5-11(14,15)16)17-6-8-9(12)3-2-4-10(8)13/h2-4,7,17H,5-6H2,1H3. The van der Waals surface area contributed by atoms with Crippen LogP contribution in [0.3, 0.4) is 0 Å². The van der Waals surface area contributed by atoms with Crippen LogP contribution in [0.5, 0.6) is 0 Å². The lowest BCUT2D eigenvalue weighted by molar-refractivity contribution is -0.139. The van der Waals surface area contributed by atoms with Crippen LogP contribution in [0.25, 0.3) is 0 Å². The van der Waals surface area contributed by atoms with Gasteiger partial charge in [-0.2, -0.15) is 13.2 Å². The van der Waals surface area contributed by atoms with E-state index in [0.29, 0.717) is 0 Å². The first-order valence-electron chi connectivity index (χ1n) is 5.02. The van der Waals surface area contributed by atoms with Crippen LogP contribution in [0.4, 0.5) is 22.0 Å². The fourth-order valence-corrected chi connectivity index (χ4v) is 1.40. The zero-order chi connectivity index (χ0) is 13.1. The predicted octanol–water partition coefficient (Wildman–Crippen LogP) is 3.40. The molecule has 1 N–H and O–H groups in total. The van der Waals surface area contributed by atoms with Crippen LogP contribution < -0.4 is 5.32 Å². The van der Waals surface area contributed by atoms with Crippen molar-refractivity contribution < 1.29 is 22.0 Å². The highest BCUT2D eigenvalue weighted by Crippen LogP contribution is 2.21. The molecule has 0 aliphatic carbocycles. The Labute approximate surface area is 95.6 Å². The molecule has 1 nitrogen and oxygen atoms in total. The summed E-state index contributed by atoms with van der Waals surface area (Å²) in [5.74, 6) is -1.53. The van der Waals surface area contributed by atoms with E-state index < -0.39 is 30.3 Å². The molecule has 0 aromatic heterocycles. The van der Waals surface area contributed by atoms with E-state index in [0.717, 1.165) is 12.1 Å². The maximum atomic E-state index is 13.1. The number of hydrogen-bond donors (Lipinski definition) is 1. The van der Waals surface area contributed by atoms with Gasteiger partial charge >= 0.3 is 6.18 Å². The molecule has 1 aromatic carbocycles. The second-order valence-corrected chi connectivity index (χ2v) is 3.80. The number of alkyl halides is 3. The summed E-state index contributed by atoms with van der Waals surface area (Å²) in [5.41, 5.74) is -0.249. The molecule has 0 radical (unpaired) electrons. The van der Waals surface area contributed by atoms with Crippen molar-refractivity contribution in [3.63, 3.8) is 0 Å². The SMILES string of the molecule is CC(CC(F)(F)F)NCc1c(F)cccc1F. The summed E-state index contributed by atoms with van der Waals surface area (Å²) in [6.07, 6.45) is -5.33. The summed E-state index contributed by atoms with van der Waals surface area (Å²) >= 11 is 0. The van der Waals surface area contributed by atoms with Gasteiger partial charge in [0.1, 0.15) is 11.6 Å². The Hall–Kier alpha value is -1.17. The van der Waals surface area contributed by atoms with Gasteiger partial charge in [0.15, 0.2) is 0 Å². The molecule has 0 fully saturated rings. The molecule has 0 aliphatic rings. The number of benzene rings is 1. The van der Waals surface area contributed by atoms with E-state index >= 15 is 0 Å². The average Bonchev–Trinajstić information content (AvgIpc) is 2.14. The van der Waals surface area contributed by atoms with Gasteiger partial charge in [0, 0.05) is 18.2 Å². The summed E-state index contributed by atoms with van der Waals surface area (Å²) in [5, 5.41) is 2.44. The molecule has 0 saturated heterocycles. The highest BCUT2D eigenvalue weighted by Gasteiger charge is 2.29. The van der Waals surface area contributed by atoms with Crippen molar-refractivity contribution in [2.24, 2.45) is 0 Å². The molecule has 1 aromatic rings. The molecular weight excluding hydrogens is 241 g/mol. The zero-order valence-corrected chi connectivity index (χ0v) is 9.11. The molecule has 6 heteroatoms. The Morgan fingerprint density at radius 1 is 1.18 bits per heavy atom. The molecular formula is C11H12F5N. The summed E-state index contributed by atoms with van der Waals surface area (Å²) in [4.78, 5) is 0. The van der Waals surface area contributed by atoms with Crippen molar-refractivity contribution in [3.8, 4) is 0 Å². The van der Waals surface area contributed by atoms with E-state index in [1.54, 1.807) is 0 Å². The van der Waals surface area contributed by atoms with Crippen molar-refractivity contribution in [2.75, 3.05) is 0 Å². The van der Waals surface area contributed by atoms with Gasteiger partial charge in [0.2, 0.25) is 0 Å². The summed E-state index contributed by atoms with van der Waals surface area (Å²) in [6, 6.07) is 2.44. The van der Waals surface area contributed by atoms with Crippen molar-refractivity contribution in [1.82, 2.24) is 5.32 Å². The van der Waals surface area contributed by atoms with Gasteiger partial charge in [0.25, 0.3) is 0 Å². The van der Waals surface area contributed by atoms with E-state index in [2.05, 4.69) is 5.32 Å². The maximum Gasteiger partial charge on any atom is 0.390 e. The van der Waals surface area contributed by atoms with Gasteiger partial charge in [-0.1, -0.05) is 6.07 Å². The number of nitrogens with one attached hydrogen (secondary N) is 1. The molecule has 0 aliphatic heterocycles.